The van der Waals surface area contributed by atoms with Crippen molar-refractivity contribution in [1.29, 1.82) is 0 Å². The van der Waals surface area contributed by atoms with E-state index in [1.54, 1.807) is 0 Å². The van der Waals surface area contributed by atoms with Gasteiger partial charge < -0.3 is 29.7 Å². The molecule has 7 atom stereocenters. The van der Waals surface area contributed by atoms with Gasteiger partial charge in [-0.25, -0.2) is 4.79 Å². The molecule has 3 N–H and O–H groups in total. The quantitative estimate of drug-likeness (QED) is 0.0993. The monoisotopic (exact) mass is 797 g/mol. The molecule has 5 aromatic rings. The van der Waals surface area contributed by atoms with Crippen molar-refractivity contribution in [1.82, 2.24) is 15.1 Å². The topological polar surface area (TPSA) is 138 Å². The van der Waals surface area contributed by atoms with Crippen molar-refractivity contribution >= 4 is 17.9 Å². The Labute approximate surface area is 345 Å². The van der Waals surface area contributed by atoms with E-state index in [1.807, 2.05) is 147 Å². The lowest BCUT2D eigenvalue weighted by Gasteiger charge is -2.43. The number of carbonyl (C=O) groups excluding carboxylic acids is 3. The SMILES string of the molecule is C[C@H]1[C@@H](CN(C)[C@@H](C)[C@H](O)c2ccccc2)O[C@@H](c2ccc(-c3cccc(CN4C(=O)CC(NC(=O)OCc5ccccc5)C4=O)c3)cc2)O[C@H]1c1ccc(CO)cc1. The number of aliphatic hydroxyl groups is 2. The Hall–Kier alpha value is -5.69. The predicted octanol–water partition coefficient (Wildman–Crippen LogP) is 7.25. The Morgan fingerprint density at radius 1 is 0.831 bits per heavy atom. The standard InChI is InChI=1S/C48H51N3O8/c1-31-42(28-50(3)32(2)44(54)37-14-8-5-9-15-37)58-47(59-45(31)38-19-17-33(29-52)18-20-38)39-23-21-36(22-24-39)40-16-10-13-35(25-40)27-51-43(53)26-41(46(51)55)49-48(56)57-30-34-11-6-4-7-12-34/h4-25,31-32,41-42,44-45,47,52,54H,26-30H2,1-3H3,(H,49,56)/t31-,32-,41?,42+,44-,45+,47+/m0/s1. The summed E-state index contributed by atoms with van der Waals surface area (Å²) in [6, 6.07) is 41.1. The van der Waals surface area contributed by atoms with Crippen molar-refractivity contribution in [3.8, 4) is 11.1 Å². The van der Waals surface area contributed by atoms with E-state index in [2.05, 4.69) is 17.1 Å². The molecule has 7 rings (SSSR count). The number of nitrogens with zero attached hydrogens (tertiary/aromatic N) is 2. The summed E-state index contributed by atoms with van der Waals surface area (Å²) in [4.78, 5) is 41.9. The lowest BCUT2D eigenvalue weighted by atomic mass is 9.89. The molecule has 2 aliphatic rings. The van der Waals surface area contributed by atoms with Crippen molar-refractivity contribution in [2.45, 2.75) is 76.7 Å². The van der Waals surface area contributed by atoms with Crippen molar-refractivity contribution < 1.29 is 38.8 Å². The molecule has 1 unspecified atom stereocenters. The van der Waals surface area contributed by atoms with Crippen molar-refractivity contribution in [2.24, 2.45) is 5.92 Å². The highest BCUT2D eigenvalue weighted by Crippen LogP contribution is 2.42. The molecule has 306 valence electrons. The number of carbonyl (C=O) groups is 3. The first-order chi connectivity index (χ1) is 28.6. The number of hydrogen-bond acceptors (Lipinski definition) is 9. The van der Waals surface area contributed by atoms with Crippen molar-refractivity contribution in [3.63, 3.8) is 0 Å². The summed E-state index contributed by atoms with van der Waals surface area (Å²) in [6.45, 7) is 4.77. The molecule has 11 nitrogen and oxygen atoms in total. The van der Waals surface area contributed by atoms with Gasteiger partial charge in [-0.3, -0.25) is 19.4 Å². The number of hydrogen-bond donors (Lipinski definition) is 3. The molecule has 0 aromatic heterocycles. The molecule has 59 heavy (non-hydrogen) atoms. The van der Waals surface area contributed by atoms with Crippen LogP contribution in [0.4, 0.5) is 4.79 Å². The molecule has 2 heterocycles. The van der Waals surface area contributed by atoms with Crippen LogP contribution in [-0.4, -0.2) is 69.7 Å². The van der Waals surface area contributed by atoms with E-state index in [-0.39, 0.29) is 56.3 Å². The molecule has 2 saturated heterocycles. The lowest BCUT2D eigenvalue weighted by molar-refractivity contribution is -0.276. The fourth-order valence-electron chi connectivity index (χ4n) is 7.68. The van der Waals surface area contributed by atoms with E-state index in [0.29, 0.717) is 6.54 Å². The van der Waals surface area contributed by atoms with Crippen molar-refractivity contribution in [2.75, 3.05) is 13.6 Å². The van der Waals surface area contributed by atoms with Gasteiger partial charge in [-0.05, 0) is 59.0 Å². The van der Waals surface area contributed by atoms with E-state index in [1.165, 1.54) is 4.90 Å². The number of benzene rings is 5. The highest BCUT2D eigenvalue weighted by atomic mass is 16.7. The van der Waals surface area contributed by atoms with Crippen LogP contribution in [0.15, 0.2) is 133 Å². The average molecular weight is 798 g/mol. The van der Waals surface area contributed by atoms with Crippen LogP contribution in [-0.2, 0) is 43.6 Å². The largest absolute Gasteiger partial charge is 0.445 e. The number of nitrogens with one attached hydrogen (secondary N) is 1. The van der Waals surface area contributed by atoms with Crippen LogP contribution in [0.25, 0.3) is 11.1 Å². The zero-order chi connectivity index (χ0) is 41.5. The minimum Gasteiger partial charge on any atom is -0.445 e. The van der Waals surface area contributed by atoms with Gasteiger partial charge in [-0.2, -0.15) is 0 Å². The molecule has 0 saturated carbocycles. The normalized spacial score (nSPS) is 21.7. The van der Waals surface area contributed by atoms with E-state index >= 15 is 0 Å². The summed E-state index contributed by atoms with van der Waals surface area (Å²) >= 11 is 0. The molecule has 2 fully saturated rings. The van der Waals surface area contributed by atoms with Crippen molar-refractivity contribution in [3.05, 3.63) is 167 Å². The lowest BCUT2D eigenvalue weighted by Crippen LogP contribution is -2.46. The van der Waals surface area contributed by atoms with Crippen LogP contribution >= 0.6 is 0 Å². The smallest absolute Gasteiger partial charge is 0.408 e. The molecular weight excluding hydrogens is 747 g/mol. The van der Waals surface area contributed by atoms with E-state index in [9.17, 15) is 24.6 Å². The van der Waals surface area contributed by atoms with Gasteiger partial charge in [0, 0.05) is 24.1 Å². The number of alkyl carbamates (subject to hydrolysis) is 1. The van der Waals surface area contributed by atoms with Gasteiger partial charge in [-0.15, -0.1) is 0 Å². The third kappa shape index (κ3) is 9.96. The molecular formula is C48H51N3O8. The summed E-state index contributed by atoms with van der Waals surface area (Å²) in [5, 5.41) is 23.4. The minimum absolute atomic E-state index is 0.0364. The highest BCUT2D eigenvalue weighted by Gasteiger charge is 2.41. The second kappa shape index (κ2) is 18.9. The second-order valence-electron chi connectivity index (χ2n) is 15.5. The molecule has 2 aliphatic heterocycles. The Morgan fingerprint density at radius 3 is 2.19 bits per heavy atom. The maximum Gasteiger partial charge on any atom is 0.408 e. The van der Waals surface area contributed by atoms with Crippen LogP contribution in [0.3, 0.4) is 0 Å². The maximum atomic E-state index is 13.2. The second-order valence-corrected chi connectivity index (χ2v) is 15.5. The van der Waals surface area contributed by atoms with Crippen LogP contribution < -0.4 is 5.32 Å². The summed E-state index contributed by atoms with van der Waals surface area (Å²) in [5.41, 5.74) is 6.91. The average Bonchev–Trinajstić information content (AvgIpc) is 3.53. The third-order valence-electron chi connectivity index (χ3n) is 11.4. The number of rotatable bonds is 14. The zero-order valence-electron chi connectivity index (χ0n) is 33.5. The summed E-state index contributed by atoms with van der Waals surface area (Å²) < 4.78 is 18.7. The fourth-order valence-corrected chi connectivity index (χ4v) is 7.68. The zero-order valence-corrected chi connectivity index (χ0v) is 33.5. The minimum atomic E-state index is -0.988. The van der Waals surface area contributed by atoms with E-state index in [0.717, 1.165) is 44.5 Å². The molecule has 0 bridgehead atoms. The summed E-state index contributed by atoms with van der Waals surface area (Å²) in [6.07, 6.45) is -2.78. The van der Waals surface area contributed by atoms with Gasteiger partial charge in [0.2, 0.25) is 5.91 Å². The van der Waals surface area contributed by atoms with Gasteiger partial charge in [0.25, 0.3) is 5.91 Å². The molecule has 11 heteroatoms. The third-order valence-corrected chi connectivity index (χ3v) is 11.4. The summed E-state index contributed by atoms with van der Waals surface area (Å²) in [7, 11) is 2.00. The van der Waals surface area contributed by atoms with E-state index in [4.69, 9.17) is 14.2 Å². The molecule has 0 spiro atoms. The van der Waals surface area contributed by atoms with Gasteiger partial charge >= 0.3 is 6.09 Å². The first-order valence-corrected chi connectivity index (χ1v) is 20.0. The number of imide groups is 1. The first kappa shape index (κ1) is 41.5. The van der Waals surface area contributed by atoms with Crippen LogP contribution in [0.2, 0.25) is 0 Å². The maximum absolute atomic E-state index is 13.2. The fraction of sp³-hybridized carbons (Fsp3) is 0.312. The van der Waals surface area contributed by atoms with Gasteiger partial charge in [-0.1, -0.05) is 134 Å². The number of aliphatic hydroxyl groups excluding tert-OH is 2. The Bertz CT molecular complexity index is 2180. The van der Waals surface area contributed by atoms with Gasteiger partial charge in [0.1, 0.15) is 12.6 Å². The Morgan fingerprint density at radius 2 is 1.49 bits per heavy atom. The number of ether oxygens (including phenoxy) is 3. The Kier molecular flexibility index (Phi) is 13.3. The highest BCUT2D eigenvalue weighted by molar-refractivity contribution is 6.06. The first-order valence-electron chi connectivity index (χ1n) is 20.0. The molecule has 0 radical (unpaired) electrons. The van der Waals surface area contributed by atoms with Crippen LogP contribution in [0.5, 0.6) is 0 Å². The number of amides is 3. The van der Waals surface area contributed by atoms with Crippen LogP contribution in [0.1, 0.15) is 72.1 Å². The van der Waals surface area contributed by atoms with Crippen LogP contribution in [0, 0.1) is 5.92 Å². The number of likely N-dealkylation sites (tertiary alicyclic amines) is 1. The van der Waals surface area contributed by atoms with Gasteiger partial charge in [0.15, 0.2) is 6.29 Å². The van der Waals surface area contributed by atoms with E-state index < -0.39 is 30.4 Å². The summed E-state index contributed by atoms with van der Waals surface area (Å²) in [5.74, 6) is -0.878. The molecule has 0 aliphatic carbocycles. The Balaban J connectivity index is 1.03. The van der Waals surface area contributed by atoms with Gasteiger partial charge in [0.05, 0.1) is 37.9 Å². The molecule has 3 amide bonds. The predicted molar refractivity (Wildman–Crippen MR) is 222 cm³/mol. The number of likely N-dealkylation sites (N-methyl/N-ethyl adjacent to an activating group) is 1. The molecule has 5 aromatic carbocycles.